The molecule has 44 heavy (non-hydrogen) atoms. The van der Waals surface area contributed by atoms with Crippen molar-refractivity contribution in [3.8, 4) is 11.6 Å². The minimum Gasteiger partial charge on any atom is -0.480 e. The summed E-state index contributed by atoms with van der Waals surface area (Å²) in [5, 5.41) is 20.8. The molecule has 0 atom stereocenters. The minimum atomic E-state index is -1.13. The zero-order chi connectivity index (χ0) is 31.4. The number of nitrogens with zero attached hydrogens (tertiary/aromatic N) is 6. The van der Waals surface area contributed by atoms with Crippen LogP contribution in [-0.4, -0.2) is 47.2 Å². The van der Waals surface area contributed by atoms with Gasteiger partial charge >= 0.3 is 12.1 Å². The fraction of sp³-hybridized carbons (Fsp3) is 0.387. The number of carboxylic acid groups (broad SMARTS) is 1. The molecule has 5 rings (SSSR count). The Balaban J connectivity index is 1.56. The first-order valence-corrected chi connectivity index (χ1v) is 14.4. The first kappa shape index (κ1) is 30.4. The number of amides is 1. The van der Waals surface area contributed by atoms with Gasteiger partial charge in [0.05, 0.1) is 23.9 Å². The van der Waals surface area contributed by atoms with Crippen LogP contribution in [0.25, 0.3) is 11.2 Å². The van der Waals surface area contributed by atoms with Crippen molar-refractivity contribution in [1.82, 2.24) is 19.5 Å². The summed E-state index contributed by atoms with van der Waals surface area (Å²) in [6.45, 7) is 4.81. The Morgan fingerprint density at radius 1 is 1.09 bits per heavy atom. The molecule has 13 heteroatoms. The van der Waals surface area contributed by atoms with Crippen LogP contribution in [0.1, 0.15) is 69.9 Å². The summed E-state index contributed by atoms with van der Waals surface area (Å²) in [6, 6.07) is 13.6. The maximum Gasteiger partial charge on any atom is 0.417 e. The van der Waals surface area contributed by atoms with Gasteiger partial charge in [0.15, 0.2) is 11.2 Å². The summed E-state index contributed by atoms with van der Waals surface area (Å²) in [7, 11) is 0. The van der Waals surface area contributed by atoms with E-state index in [0.717, 1.165) is 18.4 Å². The fourth-order valence-corrected chi connectivity index (χ4v) is 5.18. The number of carboxylic acids is 1. The van der Waals surface area contributed by atoms with E-state index in [4.69, 9.17) is 9.47 Å². The number of nitro benzene ring substituents is 1. The number of benzene rings is 2. The number of carbonyl (C=O) groups is 2. The van der Waals surface area contributed by atoms with Gasteiger partial charge in [0.2, 0.25) is 5.95 Å². The van der Waals surface area contributed by atoms with Gasteiger partial charge in [-0.05, 0) is 56.7 Å². The second-order valence-corrected chi connectivity index (χ2v) is 11.8. The molecule has 2 aromatic heterocycles. The molecule has 1 saturated carbocycles. The molecule has 1 aliphatic rings. The molecule has 0 spiro atoms. The molecule has 0 unspecified atom stereocenters. The Hall–Kier alpha value is -5.07. The van der Waals surface area contributed by atoms with E-state index in [1.165, 1.54) is 64.9 Å². The Kier molecular flexibility index (Phi) is 8.74. The molecule has 2 heterocycles. The number of aliphatic carboxylic acids is 1. The topological polar surface area (TPSA) is 163 Å². The number of imidazole rings is 1. The van der Waals surface area contributed by atoms with Crippen molar-refractivity contribution in [2.45, 2.75) is 77.5 Å². The number of nitro groups is 1. The first-order valence-electron chi connectivity index (χ1n) is 14.4. The molecule has 0 saturated heterocycles. The largest absolute Gasteiger partial charge is 0.480 e. The summed E-state index contributed by atoms with van der Waals surface area (Å²) in [5.74, 6) is -0.743. The summed E-state index contributed by atoms with van der Waals surface area (Å²) in [4.78, 5) is 50.5. The quantitative estimate of drug-likeness (QED) is 0.163. The van der Waals surface area contributed by atoms with Gasteiger partial charge in [-0.3, -0.25) is 14.9 Å². The molecule has 2 aromatic carbocycles. The zero-order valence-corrected chi connectivity index (χ0v) is 24.8. The van der Waals surface area contributed by atoms with Gasteiger partial charge < -0.3 is 19.1 Å². The third kappa shape index (κ3) is 7.28. The lowest BCUT2D eigenvalue weighted by molar-refractivity contribution is -0.384. The normalized spacial score (nSPS) is 13.9. The third-order valence-electron chi connectivity index (χ3n) is 7.22. The van der Waals surface area contributed by atoms with Crippen molar-refractivity contribution in [2.75, 3.05) is 4.90 Å². The summed E-state index contributed by atoms with van der Waals surface area (Å²) >= 11 is 0. The van der Waals surface area contributed by atoms with Crippen molar-refractivity contribution in [1.29, 1.82) is 0 Å². The smallest absolute Gasteiger partial charge is 0.417 e. The molecule has 1 amide bonds. The summed E-state index contributed by atoms with van der Waals surface area (Å²) in [5.41, 5.74) is 1.25. The standard InChI is InChI=1S/C31H34N6O7/c1-31(2,3)44-30(40)36(17-20-12-14-22(15-13-20)21-8-5-4-6-9-21)29-33-27-26(32-19-35(27)18-25(38)39)28(34-29)43-24-11-7-10-23(16-24)37(41)42/h7,10-16,19,21H,4-6,8-9,17-18H2,1-3H3,(H,38,39). The van der Waals surface area contributed by atoms with E-state index >= 15 is 0 Å². The van der Waals surface area contributed by atoms with Crippen LogP contribution in [0.5, 0.6) is 11.6 Å². The van der Waals surface area contributed by atoms with Crippen molar-refractivity contribution in [2.24, 2.45) is 0 Å². The van der Waals surface area contributed by atoms with Crippen LogP contribution in [-0.2, 0) is 22.6 Å². The van der Waals surface area contributed by atoms with E-state index in [0.29, 0.717) is 5.92 Å². The zero-order valence-electron chi connectivity index (χ0n) is 24.8. The van der Waals surface area contributed by atoms with Crippen LogP contribution in [0.2, 0.25) is 0 Å². The maximum absolute atomic E-state index is 13.6. The average molecular weight is 603 g/mol. The molecule has 0 radical (unpaired) electrons. The number of anilines is 1. The number of carbonyl (C=O) groups excluding carboxylic acids is 1. The van der Waals surface area contributed by atoms with Crippen molar-refractivity contribution in [3.05, 3.63) is 76.1 Å². The van der Waals surface area contributed by atoms with Gasteiger partial charge in [-0.15, -0.1) is 0 Å². The molecule has 0 aliphatic heterocycles. The molecule has 0 bridgehead atoms. The van der Waals surface area contributed by atoms with Gasteiger partial charge in [-0.1, -0.05) is 49.6 Å². The van der Waals surface area contributed by atoms with Gasteiger partial charge in [-0.2, -0.15) is 9.97 Å². The van der Waals surface area contributed by atoms with Gasteiger partial charge in [-0.25, -0.2) is 14.7 Å². The van der Waals surface area contributed by atoms with E-state index in [9.17, 15) is 24.8 Å². The van der Waals surface area contributed by atoms with E-state index < -0.39 is 29.1 Å². The number of ether oxygens (including phenoxy) is 2. The monoisotopic (exact) mass is 602 g/mol. The lowest BCUT2D eigenvalue weighted by Crippen LogP contribution is -2.37. The van der Waals surface area contributed by atoms with Crippen LogP contribution < -0.4 is 9.64 Å². The second-order valence-electron chi connectivity index (χ2n) is 11.8. The van der Waals surface area contributed by atoms with Crippen LogP contribution in [0.3, 0.4) is 0 Å². The molecule has 13 nitrogen and oxygen atoms in total. The first-order chi connectivity index (χ1) is 21.0. The van der Waals surface area contributed by atoms with Crippen molar-refractivity contribution >= 4 is 34.9 Å². The molecule has 230 valence electrons. The number of rotatable bonds is 9. The van der Waals surface area contributed by atoms with Crippen LogP contribution in [0.4, 0.5) is 16.4 Å². The second kappa shape index (κ2) is 12.7. The van der Waals surface area contributed by atoms with E-state index in [2.05, 4.69) is 27.1 Å². The van der Waals surface area contributed by atoms with Gasteiger partial charge in [0.1, 0.15) is 17.9 Å². The number of hydrogen-bond acceptors (Lipinski definition) is 9. The molecule has 1 aliphatic carbocycles. The Bertz CT molecular complexity index is 1670. The van der Waals surface area contributed by atoms with E-state index in [-0.39, 0.29) is 41.0 Å². The summed E-state index contributed by atoms with van der Waals surface area (Å²) < 4.78 is 12.9. The summed E-state index contributed by atoms with van der Waals surface area (Å²) in [6.07, 6.45) is 6.58. The van der Waals surface area contributed by atoms with E-state index in [1.807, 2.05) is 12.1 Å². The highest BCUT2D eigenvalue weighted by atomic mass is 16.6. The van der Waals surface area contributed by atoms with Crippen LogP contribution >= 0.6 is 0 Å². The van der Waals surface area contributed by atoms with Crippen molar-refractivity contribution < 1.29 is 29.1 Å². The Morgan fingerprint density at radius 2 is 1.82 bits per heavy atom. The predicted octanol–water partition coefficient (Wildman–Crippen LogP) is 6.60. The van der Waals surface area contributed by atoms with Gasteiger partial charge in [0, 0.05) is 6.07 Å². The van der Waals surface area contributed by atoms with Gasteiger partial charge in [0.25, 0.3) is 11.6 Å². The highest BCUT2D eigenvalue weighted by molar-refractivity contribution is 5.88. The molecular formula is C31H34N6O7. The Morgan fingerprint density at radius 3 is 2.48 bits per heavy atom. The predicted molar refractivity (Wildman–Crippen MR) is 161 cm³/mol. The third-order valence-corrected chi connectivity index (χ3v) is 7.22. The Labute approximate surface area is 253 Å². The number of non-ortho nitro benzene ring substituents is 1. The molecular weight excluding hydrogens is 568 g/mol. The number of hydrogen-bond donors (Lipinski definition) is 1. The lowest BCUT2D eigenvalue weighted by atomic mass is 9.84. The highest BCUT2D eigenvalue weighted by Gasteiger charge is 2.28. The fourth-order valence-electron chi connectivity index (χ4n) is 5.18. The highest BCUT2D eigenvalue weighted by Crippen LogP contribution is 2.34. The average Bonchev–Trinajstić information content (AvgIpc) is 3.38. The lowest BCUT2D eigenvalue weighted by Gasteiger charge is -2.27. The van der Waals surface area contributed by atoms with Crippen LogP contribution in [0.15, 0.2) is 54.9 Å². The molecule has 1 N–H and O–H groups in total. The minimum absolute atomic E-state index is 0.0503. The maximum atomic E-state index is 13.6. The molecule has 1 fully saturated rings. The number of fused-ring (bicyclic) bond motifs is 1. The number of aromatic nitrogens is 4. The van der Waals surface area contributed by atoms with Crippen LogP contribution in [0, 0.1) is 10.1 Å². The van der Waals surface area contributed by atoms with E-state index in [1.54, 1.807) is 20.8 Å². The van der Waals surface area contributed by atoms with Crippen molar-refractivity contribution in [3.63, 3.8) is 0 Å². The SMILES string of the molecule is CC(C)(C)OC(=O)N(Cc1ccc(C2CCCCC2)cc1)c1nc(Oc2cccc([N+](=O)[O-])c2)c2ncn(CC(=O)O)c2n1. The molecule has 4 aromatic rings.